The molecule has 1 saturated heterocycles. The summed E-state index contributed by atoms with van der Waals surface area (Å²) in [5, 5.41) is 25.3. The van der Waals surface area contributed by atoms with E-state index in [1.807, 2.05) is 6.92 Å². The molecule has 0 spiro atoms. The van der Waals surface area contributed by atoms with Crippen molar-refractivity contribution in [3.05, 3.63) is 11.5 Å². The average Bonchev–Trinajstić information content (AvgIpc) is 2.87. The van der Waals surface area contributed by atoms with Crippen molar-refractivity contribution >= 4 is 5.96 Å². The van der Waals surface area contributed by atoms with E-state index >= 15 is 0 Å². The van der Waals surface area contributed by atoms with E-state index in [2.05, 4.69) is 10.3 Å². The van der Waals surface area contributed by atoms with Crippen molar-refractivity contribution in [1.29, 1.82) is 0 Å². The molecule has 0 aromatic carbocycles. The van der Waals surface area contributed by atoms with Gasteiger partial charge in [0.25, 0.3) is 0 Å². The number of methoxy groups -OCH3 is 1. The summed E-state index contributed by atoms with van der Waals surface area (Å²) in [5.74, 6) is 0.607. The maximum absolute atomic E-state index is 12.0. The molecule has 0 aliphatic carbocycles. The molecule has 0 bridgehead atoms. The molecule has 0 aromatic heterocycles. The maximum Gasteiger partial charge on any atom is 0.193 e. The van der Waals surface area contributed by atoms with Crippen LogP contribution in [0.15, 0.2) is 16.5 Å². The minimum atomic E-state index is -1.27. The van der Waals surface area contributed by atoms with E-state index < -0.39 is 24.7 Å². The molecule has 1 fully saturated rings. The number of hydrogen-bond acceptors (Lipinski definition) is 9. The van der Waals surface area contributed by atoms with Gasteiger partial charge in [-0.1, -0.05) is 0 Å². The highest BCUT2D eigenvalue weighted by atomic mass is 16.6. The molecule has 3 aliphatic rings. The summed E-state index contributed by atoms with van der Waals surface area (Å²) in [6.45, 7) is 2.25. The van der Waals surface area contributed by atoms with Gasteiger partial charge in [-0.05, 0) is 6.92 Å². The van der Waals surface area contributed by atoms with E-state index in [-0.39, 0.29) is 12.1 Å². The second-order valence-corrected chi connectivity index (χ2v) is 5.46. The van der Waals surface area contributed by atoms with Crippen molar-refractivity contribution < 1.29 is 19.7 Å². The lowest BCUT2D eigenvalue weighted by atomic mass is 10.1. The van der Waals surface area contributed by atoms with Crippen LogP contribution in [-0.4, -0.2) is 72.5 Å². The van der Waals surface area contributed by atoms with Crippen molar-refractivity contribution in [3.63, 3.8) is 0 Å². The highest BCUT2D eigenvalue weighted by molar-refractivity contribution is 5.81. The first kappa shape index (κ1) is 14.4. The molecular formula is C12H20N5O4-. The summed E-state index contributed by atoms with van der Waals surface area (Å²) in [5.41, 5.74) is 6.13. The van der Waals surface area contributed by atoms with Crippen LogP contribution in [-0.2, 0) is 9.47 Å². The first-order valence-electron chi connectivity index (χ1n) is 6.78. The lowest BCUT2D eigenvalue weighted by molar-refractivity contribution is -0.407. The fourth-order valence-corrected chi connectivity index (χ4v) is 3.10. The number of nitrogens with zero attached hydrogens (tertiary/aromatic N) is 3. The molecule has 3 heterocycles. The van der Waals surface area contributed by atoms with Gasteiger partial charge in [-0.25, -0.2) is 0 Å². The van der Waals surface area contributed by atoms with Gasteiger partial charge in [0.05, 0.1) is 18.5 Å². The zero-order chi connectivity index (χ0) is 15.3. The van der Waals surface area contributed by atoms with Gasteiger partial charge in [0, 0.05) is 20.4 Å². The Morgan fingerprint density at radius 3 is 2.90 bits per heavy atom. The number of ether oxygens (including phenoxy) is 2. The first-order chi connectivity index (χ1) is 9.93. The van der Waals surface area contributed by atoms with E-state index in [4.69, 9.17) is 15.2 Å². The third-order valence-corrected chi connectivity index (χ3v) is 4.07. The maximum atomic E-state index is 12.0. The highest BCUT2D eigenvalue weighted by Crippen LogP contribution is 2.33. The van der Waals surface area contributed by atoms with Crippen LogP contribution < -0.4 is 16.2 Å². The van der Waals surface area contributed by atoms with Crippen LogP contribution in [0.1, 0.15) is 6.92 Å². The predicted octanol–water partition coefficient (Wildman–Crippen LogP) is -2.91. The Balaban J connectivity index is 1.87. The molecule has 3 unspecified atom stereocenters. The quantitative estimate of drug-likeness (QED) is 0.496. The fourth-order valence-electron chi connectivity index (χ4n) is 3.10. The topological polar surface area (TPSA) is 119 Å². The Bertz CT molecular complexity index is 496. The van der Waals surface area contributed by atoms with Crippen molar-refractivity contribution in [2.24, 2.45) is 10.7 Å². The summed E-state index contributed by atoms with van der Waals surface area (Å²) in [6.07, 6.45) is -3.36. The number of hydrogen-bond donors (Lipinski definition) is 3. The summed E-state index contributed by atoms with van der Waals surface area (Å²) in [6, 6.07) is 0. The molecule has 118 valence electrons. The van der Waals surface area contributed by atoms with Gasteiger partial charge >= 0.3 is 0 Å². The van der Waals surface area contributed by atoms with Crippen LogP contribution in [0.25, 0.3) is 0 Å². The Labute approximate surface area is 122 Å². The van der Waals surface area contributed by atoms with E-state index in [9.17, 15) is 10.2 Å². The third kappa shape index (κ3) is 2.13. The molecule has 9 nitrogen and oxygen atoms in total. The number of aliphatic imine (C=N–C) groups is 1. The largest absolute Gasteiger partial charge is 0.830 e. The minimum absolute atomic E-state index is 0.0675. The Morgan fingerprint density at radius 1 is 1.57 bits per heavy atom. The van der Waals surface area contributed by atoms with E-state index in [1.54, 1.807) is 16.8 Å². The number of aliphatic hydroxyl groups excluding tert-OH is 1. The molecule has 5 atom stereocenters. The van der Waals surface area contributed by atoms with Gasteiger partial charge in [0.2, 0.25) is 0 Å². The lowest BCUT2D eigenvalue weighted by Gasteiger charge is -2.32. The molecule has 21 heavy (non-hydrogen) atoms. The van der Waals surface area contributed by atoms with Crippen LogP contribution in [0.2, 0.25) is 0 Å². The predicted molar refractivity (Wildman–Crippen MR) is 71.2 cm³/mol. The van der Waals surface area contributed by atoms with Crippen molar-refractivity contribution in [2.75, 3.05) is 20.8 Å². The van der Waals surface area contributed by atoms with Gasteiger partial charge in [-0.3, -0.25) is 4.99 Å². The van der Waals surface area contributed by atoms with Crippen molar-refractivity contribution in [2.45, 2.75) is 37.7 Å². The summed E-state index contributed by atoms with van der Waals surface area (Å²) < 4.78 is 11.1. The first-order valence-corrected chi connectivity index (χ1v) is 6.78. The number of rotatable bonds is 2. The van der Waals surface area contributed by atoms with Gasteiger partial charge < -0.3 is 40.5 Å². The fraction of sp³-hybridized carbons (Fsp3) is 0.750. The van der Waals surface area contributed by atoms with E-state index in [0.717, 1.165) is 0 Å². The second-order valence-electron chi connectivity index (χ2n) is 5.46. The number of likely N-dealkylation sites (N-methyl/N-ethyl adjacent to an activating group) is 1. The van der Waals surface area contributed by atoms with E-state index in [0.29, 0.717) is 18.2 Å². The van der Waals surface area contributed by atoms with Crippen LogP contribution in [0.5, 0.6) is 0 Å². The zero-order valence-electron chi connectivity index (χ0n) is 12.2. The Kier molecular flexibility index (Phi) is 3.44. The molecule has 0 amide bonds. The molecule has 0 saturated carbocycles. The minimum Gasteiger partial charge on any atom is -0.830 e. The number of nitrogens with two attached hydrogens (primary N) is 1. The smallest absolute Gasteiger partial charge is 0.193 e. The van der Waals surface area contributed by atoms with Gasteiger partial charge in [-0.15, -0.1) is 0 Å². The SMILES string of the molecule is COC1C(O)[C@@H](N2CN(C)C3=C2NC(N)=NC3[O-])O[C@H]1C. The average molecular weight is 298 g/mol. The van der Waals surface area contributed by atoms with Crippen LogP contribution in [0.4, 0.5) is 0 Å². The zero-order valence-corrected chi connectivity index (χ0v) is 12.2. The standard InChI is InChI=1S/C12H20N5O4/c1-5-8(20-3)7(18)11(21-5)17-4-16(2)6-9(17)14-12(13)15-10(6)19/h5,7-8,10-11,18H,4H2,1-3H3,(H3,13,14,15)/q-1/t5-,7?,8?,10?,11-/m0/s1. The van der Waals surface area contributed by atoms with E-state index in [1.165, 1.54) is 7.11 Å². The van der Waals surface area contributed by atoms with Crippen molar-refractivity contribution in [1.82, 2.24) is 15.1 Å². The van der Waals surface area contributed by atoms with Crippen LogP contribution in [0, 0.1) is 0 Å². The highest BCUT2D eigenvalue weighted by Gasteiger charge is 2.48. The van der Waals surface area contributed by atoms with Crippen molar-refractivity contribution in [3.8, 4) is 0 Å². The normalized spacial score (nSPS) is 39.5. The van der Waals surface area contributed by atoms with Gasteiger partial charge in [0.1, 0.15) is 18.0 Å². The molecule has 0 radical (unpaired) electrons. The summed E-state index contributed by atoms with van der Waals surface area (Å²) in [4.78, 5) is 7.33. The molecule has 0 aromatic rings. The van der Waals surface area contributed by atoms with Crippen LogP contribution in [0.3, 0.4) is 0 Å². The van der Waals surface area contributed by atoms with Gasteiger partial charge in [0.15, 0.2) is 12.2 Å². The van der Waals surface area contributed by atoms with Gasteiger partial charge in [-0.2, -0.15) is 0 Å². The second kappa shape index (κ2) is 5.02. The molecule has 4 N–H and O–H groups in total. The summed E-state index contributed by atoms with van der Waals surface area (Å²) in [7, 11) is 3.33. The molecule has 9 heteroatoms. The number of nitrogens with one attached hydrogen (secondary N) is 1. The van der Waals surface area contributed by atoms with Crippen LogP contribution >= 0.6 is 0 Å². The molecule has 3 aliphatic heterocycles. The Hall–Kier alpha value is -1.55. The molecule has 3 rings (SSSR count). The monoisotopic (exact) mass is 298 g/mol. The number of aliphatic hydroxyl groups is 1. The Morgan fingerprint density at radius 2 is 2.29 bits per heavy atom. The number of guanidine groups is 1. The third-order valence-electron chi connectivity index (χ3n) is 4.07. The molecular weight excluding hydrogens is 278 g/mol. The lowest BCUT2D eigenvalue weighted by Crippen LogP contribution is -2.49. The summed E-state index contributed by atoms with van der Waals surface area (Å²) >= 11 is 0.